The smallest absolute Gasteiger partial charge is 0.256 e. The predicted octanol–water partition coefficient (Wildman–Crippen LogP) is 5.26. The first kappa shape index (κ1) is 23.5. The van der Waals surface area contributed by atoms with E-state index in [4.69, 9.17) is 21.1 Å². The number of ether oxygens (including phenoxy) is 2. The molecule has 2 amide bonds. The molecule has 1 aromatic heterocycles. The average Bonchev–Trinajstić information content (AvgIpc) is 3.65. The third kappa shape index (κ3) is 6.23. The van der Waals surface area contributed by atoms with Crippen molar-refractivity contribution in [1.82, 2.24) is 10.3 Å². The number of alkyl halides is 1. The zero-order valence-electron chi connectivity index (χ0n) is 18.4. The van der Waals surface area contributed by atoms with Crippen molar-refractivity contribution in [2.45, 2.75) is 31.9 Å². The van der Waals surface area contributed by atoms with Crippen LogP contribution in [0.15, 0.2) is 60.9 Å². The second-order valence-corrected chi connectivity index (χ2v) is 8.37. The Balaban J connectivity index is 1.38. The third-order valence-corrected chi connectivity index (χ3v) is 5.53. The van der Waals surface area contributed by atoms with Crippen molar-refractivity contribution >= 4 is 29.1 Å². The van der Waals surface area contributed by atoms with Crippen LogP contribution in [0.1, 0.15) is 35.7 Å². The summed E-state index contributed by atoms with van der Waals surface area (Å²) in [6.45, 7) is 1.49. The molecular formula is C25H23ClFN3O4. The van der Waals surface area contributed by atoms with Crippen molar-refractivity contribution in [3.8, 4) is 17.2 Å². The van der Waals surface area contributed by atoms with E-state index in [9.17, 15) is 14.0 Å². The number of hydrogen-bond acceptors (Lipinski definition) is 5. The summed E-state index contributed by atoms with van der Waals surface area (Å²) in [4.78, 5) is 27.9. The Hall–Kier alpha value is -3.65. The van der Waals surface area contributed by atoms with Crippen molar-refractivity contribution in [2.24, 2.45) is 5.92 Å². The Kier molecular flexibility index (Phi) is 7.27. The summed E-state index contributed by atoms with van der Waals surface area (Å²) in [5, 5.41) is 5.39. The number of nitrogens with one attached hydrogen (secondary N) is 2. The summed E-state index contributed by atoms with van der Waals surface area (Å²) in [7, 11) is 0. The molecule has 1 aliphatic carbocycles. The second-order valence-electron chi connectivity index (χ2n) is 7.94. The molecule has 0 unspecified atom stereocenters. The van der Waals surface area contributed by atoms with Gasteiger partial charge in [-0.3, -0.25) is 14.6 Å². The normalized spacial score (nSPS) is 13.6. The number of hydrogen-bond donors (Lipinski definition) is 2. The summed E-state index contributed by atoms with van der Waals surface area (Å²) >= 11 is 6.24. The number of halogens is 2. The van der Waals surface area contributed by atoms with E-state index in [-0.39, 0.29) is 23.8 Å². The highest BCUT2D eigenvalue weighted by atomic mass is 35.5. The minimum Gasteiger partial charge on any atom is -0.473 e. The Morgan fingerprint density at radius 2 is 2.00 bits per heavy atom. The molecule has 1 heterocycles. The first-order valence-corrected chi connectivity index (χ1v) is 11.2. The van der Waals surface area contributed by atoms with Gasteiger partial charge in [0.05, 0.1) is 5.56 Å². The van der Waals surface area contributed by atoms with Crippen molar-refractivity contribution in [3.05, 3.63) is 77.9 Å². The molecular weight excluding hydrogens is 461 g/mol. The largest absolute Gasteiger partial charge is 0.473 e. The van der Waals surface area contributed by atoms with Crippen molar-refractivity contribution in [2.75, 3.05) is 5.32 Å². The van der Waals surface area contributed by atoms with Crippen LogP contribution in [-0.4, -0.2) is 22.4 Å². The van der Waals surface area contributed by atoms with Crippen LogP contribution in [0.2, 0.25) is 0 Å². The lowest BCUT2D eigenvalue weighted by atomic mass is 10.2. The quantitative estimate of drug-likeness (QED) is 0.405. The van der Waals surface area contributed by atoms with E-state index in [1.807, 2.05) is 0 Å². The molecule has 1 fully saturated rings. The Morgan fingerprint density at radius 3 is 2.74 bits per heavy atom. The SMILES string of the molecule is CC(=O)Nc1cccc(Oc2ccc(CNC(=O)c3cnccc3O[C@H](Cl)C3CC3)cc2F)c1. The molecule has 2 aromatic carbocycles. The van der Waals surface area contributed by atoms with E-state index in [1.165, 1.54) is 31.5 Å². The molecule has 1 aliphatic rings. The molecule has 34 heavy (non-hydrogen) atoms. The molecule has 2 N–H and O–H groups in total. The van der Waals surface area contributed by atoms with Crippen molar-refractivity contribution in [3.63, 3.8) is 0 Å². The summed E-state index contributed by atoms with van der Waals surface area (Å²) in [5.41, 5.74) is 0.855. The van der Waals surface area contributed by atoms with E-state index in [0.29, 0.717) is 28.7 Å². The number of benzene rings is 2. The number of pyridine rings is 1. The summed E-state index contributed by atoms with van der Waals surface area (Å²) in [6, 6.07) is 12.7. The average molecular weight is 484 g/mol. The number of carbonyl (C=O) groups excluding carboxylic acids is 2. The van der Waals surface area contributed by atoms with Crippen LogP contribution in [0.3, 0.4) is 0 Å². The van der Waals surface area contributed by atoms with Crippen LogP contribution in [0.4, 0.5) is 10.1 Å². The molecule has 0 bridgehead atoms. The van der Waals surface area contributed by atoms with Crippen LogP contribution in [0, 0.1) is 11.7 Å². The number of amides is 2. The lowest BCUT2D eigenvalue weighted by Gasteiger charge is -2.15. The van der Waals surface area contributed by atoms with Crippen LogP contribution in [0.25, 0.3) is 0 Å². The first-order valence-electron chi connectivity index (χ1n) is 10.8. The highest BCUT2D eigenvalue weighted by molar-refractivity contribution is 6.20. The molecule has 176 valence electrons. The monoisotopic (exact) mass is 483 g/mol. The van der Waals surface area contributed by atoms with Gasteiger partial charge in [0, 0.05) is 43.5 Å². The van der Waals surface area contributed by atoms with Gasteiger partial charge in [-0.15, -0.1) is 0 Å². The number of anilines is 1. The summed E-state index contributed by atoms with van der Waals surface area (Å²) < 4.78 is 26.0. The Bertz CT molecular complexity index is 1200. The Labute approximate surface area is 201 Å². The minimum absolute atomic E-state index is 0.0197. The molecule has 1 atom stereocenters. The standard InChI is InChI=1S/C25H23ClFN3O4/c1-15(31)30-18-3-2-4-19(12-18)33-23-8-5-16(11-21(23)27)13-29-25(32)20-14-28-10-9-22(20)34-24(26)17-6-7-17/h2-5,8-12,14,17,24H,6-7,13H2,1H3,(H,29,32)(H,30,31)/t24-/m0/s1. The van der Waals surface area contributed by atoms with E-state index < -0.39 is 17.3 Å². The maximum atomic E-state index is 14.6. The van der Waals surface area contributed by atoms with Gasteiger partial charge in [0.2, 0.25) is 5.91 Å². The van der Waals surface area contributed by atoms with Crippen LogP contribution in [-0.2, 0) is 11.3 Å². The lowest BCUT2D eigenvalue weighted by Crippen LogP contribution is -2.24. The van der Waals surface area contributed by atoms with E-state index in [0.717, 1.165) is 12.8 Å². The number of rotatable bonds is 9. The van der Waals surface area contributed by atoms with Gasteiger partial charge in [-0.25, -0.2) is 4.39 Å². The van der Waals surface area contributed by atoms with Crippen molar-refractivity contribution < 1.29 is 23.5 Å². The van der Waals surface area contributed by atoms with E-state index >= 15 is 0 Å². The van der Waals surface area contributed by atoms with Crippen LogP contribution < -0.4 is 20.1 Å². The molecule has 0 saturated heterocycles. The maximum Gasteiger partial charge on any atom is 0.256 e. The molecule has 9 heteroatoms. The molecule has 1 saturated carbocycles. The molecule has 0 spiro atoms. The van der Waals surface area contributed by atoms with Gasteiger partial charge in [-0.05, 0) is 48.7 Å². The predicted molar refractivity (Wildman–Crippen MR) is 126 cm³/mol. The van der Waals surface area contributed by atoms with E-state index in [2.05, 4.69) is 15.6 Å². The molecule has 3 aromatic rings. The molecule has 7 nitrogen and oxygen atoms in total. The zero-order valence-corrected chi connectivity index (χ0v) is 19.1. The molecule has 4 rings (SSSR count). The highest BCUT2D eigenvalue weighted by Gasteiger charge is 2.32. The summed E-state index contributed by atoms with van der Waals surface area (Å²) in [5.74, 6) is -0.164. The third-order valence-electron chi connectivity index (χ3n) is 5.09. The number of aromatic nitrogens is 1. The molecule has 0 aliphatic heterocycles. The topological polar surface area (TPSA) is 89.6 Å². The fraction of sp³-hybridized carbons (Fsp3) is 0.240. The maximum absolute atomic E-state index is 14.6. The highest BCUT2D eigenvalue weighted by Crippen LogP contribution is 2.37. The van der Waals surface area contributed by atoms with Crippen LogP contribution in [0.5, 0.6) is 17.2 Å². The van der Waals surface area contributed by atoms with Crippen LogP contribution >= 0.6 is 11.6 Å². The fourth-order valence-electron chi connectivity index (χ4n) is 3.21. The first-order chi connectivity index (χ1) is 16.4. The lowest BCUT2D eigenvalue weighted by molar-refractivity contribution is -0.114. The summed E-state index contributed by atoms with van der Waals surface area (Å²) in [6.07, 6.45) is 4.95. The van der Waals surface area contributed by atoms with Gasteiger partial charge in [0.1, 0.15) is 11.5 Å². The van der Waals surface area contributed by atoms with Gasteiger partial charge in [0.25, 0.3) is 5.91 Å². The molecule has 0 radical (unpaired) electrons. The fourth-order valence-corrected chi connectivity index (χ4v) is 3.56. The van der Waals surface area contributed by atoms with E-state index in [1.54, 1.807) is 36.4 Å². The van der Waals surface area contributed by atoms with Gasteiger partial charge in [-0.1, -0.05) is 23.7 Å². The van der Waals surface area contributed by atoms with Gasteiger partial charge < -0.3 is 20.1 Å². The second kappa shape index (κ2) is 10.5. The van der Waals surface area contributed by atoms with Crippen molar-refractivity contribution in [1.29, 1.82) is 0 Å². The minimum atomic E-state index is -0.587. The Morgan fingerprint density at radius 1 is 1.18 bits per heavy atom. The number of carbonyl (C=O) groups is 2. The van der Waals surface area contributed by atoms with Gasteiger partial charge in [-0.2, -0.15) is 0 Å². The zero-order chi connectivity index (χ0) is 24.1. The number of nitrogens with zero attached hydrogens (tertiary/aromatic N) is 1. The van der Waals surface area contributed by atoms with Gasteiger partial charge in [0.15, 0.2) is 17.1 Å². The van der Waals surface area contributed by atoms with Gasteiger partial charge >= 0.3 is 0 Å².